The van der Waals surface area contributed by atoms with Crippen molar-refractivity contribution in [1.82, 2.24) is 20.3 Å². The van der Waals surface area contributed by atoms with Gasteiger partial charge >= 0.3 is 0 Å². The summed E-state index contributed by atoms with van der Waals surface area (Å²) in [5, 5.41) is 0.751. The molecule has 0 radical (unpaired) electrons. The van der Waals surface area contributed by atoms with E-state index in [1.807, 2.05) is 49.7 Å². The molecule has 4 amide bonds. The minimum absolute atomic E-state index is 0.0313. The van der Waals surface area contributed by atoms with Gasteiger partial charge in [0, 0.05) is 24.1 Å². The molecule has 8 nitrogen and oxygen atoms in total. The molecule has 2 N–H and O–H groups in total. The van der Waals surface area contributed by atoms with Gasteiger partial charge < -0.3 is 4.57 Å². The Balaban J connectivity index is 1.54. The molecule has 4 rings (SSSR count). The van der Waals surface area contributed by atoms with E-state index in [9.17, 15) is 19.2 Å². The summed E-state index contributed by atoms with van der Waals surface area (Å²) in [5.41, 5.74) is 6.68. The van der Waals surface area contributed by atoms with Gasteiger partial charge in [-0.3, -0.25) is 34.9 Å². The second kappa shape index (κ2) is 8.30. The number of carbonyl (C=O) groups excluding carboxylic acids is 4. The molecule has 32 heavy (non-hydrogen) atoms. The molecule has 8 heteroatoms. The molecule has 2 heterocycles. The molecule has 0 saturated carbocycles. The van der Waals surface area contributed by atoms with Crippen LogP contribution in [0.5, 0.6) is 0 Å². The lowest BCUT2D eigenvalue weighted by atomic mass is 10.0. The zero-order valence-electron chi connectivity index (χ0n) is 18.1. The van der Waals surface area contributed by atoms with E-state index in [0.29, 0.717) is 5.56 Å². The first-order chi connectivity index (χ1) is 15.3. The lowest BCUT2D eigenvalue weighted by Gasteiger charge is -2.26. The van der Waals surface area contributed by atoms with Crippen molar-refractivity contribution in [2.45, 2.75) is 26.3 Å². The first-order valence-corrected chi connectivity index (χ1v) is 10.4. The summed E-state index contributed by atoms with van der Waals surface area (Å²) in [6, 6.07) is 12.9. The fraction of sp³-hybridized carbons (Fsp3) is 0.250. The fourth-order valence-corrected chi connectivity index (χ4v) is 4.06. The Morgan fingerprint density at radius 1 is 0.906 bits per heavy atom. The van der Waals surface area contributed by atoms with Gasteiger partial charge in [-0.25, -0.2) is 0 Å². The Hall–Kier alpha value is -3.94. The summed E-state index contributed by atoms with van der Waals surface area (Å²) in [7, 11) is 1.83. The van der Waals surface area contributed by atoms with E-state index < -0.39 is 29.7 Å². The van der Waals surface area contributed by atoms with E-state index in [4.69, 9.17) is 0 Å². The summed E-state index contributed by atoms with van der Waals surface area (Å²) in [4.78, 5) is 52.5. The van der Waals surface area contributed by atoms with Crippen LogP contribution in [0.1, 0.15) is 51.3 Å². The first kappa shape index (κ1) is 21.3. The SMILES string of the molecule is CC(C)C[C@@H](C(=O)NNC(=O)c1cn(C)c2ccccc12)N1C(=O)c2ccccc2C1=O. The lowest BCUT2D eigenvalue weighted by Crippen LogP contribution is -2.54. The topological polar surface area (TPSA) is 101 Å². The van der Waals surface area contributed by atoms with Gasteiger partial charge in [-0.2, -0.15) is 0 Å². The van der Waals surface area contributed by atoms with Crippen molar-refractivity contribution in [2.24, 2.45) is 13.0 Å². The van der Waals surface area contributed by atoms with Crippen molar-refractivity contribution in [3.63, 3.8) is 0 Å². The number of imide groups is 1. The number of nitrogens with one attached hydrogen (secondary N) is 2. The van der Waals surface area contributed by atoms with Gasteiger partial charge in [0.05, 0.1) is 16.7 Å². The highest BCUT2D eigenvalue weighted by Crippen LogP contribution is 2.27. The molecule has 1 atom stereocenters. The van der Waals surface area contributed by atoms with Gasteiger partial charge in [0.2, 0.25) is 0 Å². The number of carbonyl (C=O) groups is 4. The third kappa shape index (κ3) is 3.64. The summed E-state index contributed by atoms with van der Waals surface area (Å²) < 4.78 is 1.83. The van der Waals surface area contributed by atoms with Crippen LogP contribution in [0.3, 0.4) is 0 Å². The number of aryl methyl sites for hydroxylation is 1. The molecule has 0 fully saturated rings. The van der Waals surface area contributed by atoms with Gasteiger partial charge in [-0.1, -0.05) is 44.2 Å². The Labute approximate surface area is 185 Å². The van der Waals surface area contributed by atoms with Crippen molar-refractivity contribution in [2.75, 3.05) is 0 Å². The van der Waals surface area contributed by atoms with E-state index in [0.717, 1.165) is 15.8 Å². The second-order valence-electron chi connectivity index (χ2n) is 8.29. The normalized spacial score (nSPS) is 14.1. The molecular formula is C24H24N4O4. The number of para-hydroxylation sites is 1. The monoisotopic (exact) mass is 432 g/mol. The van der Waals surface area contributed by atoms with Crippen LogP contribution >= 0.6 is 0 Å². The van der Waals surface area contributed by atoms with Crippen LogP contribution in [-0.4, -0.2) is 39.1 Å². The average molecular weight is 432 g/mol. The van der Waals surface area contributed by atoms with E-state index in [-0.39, 0.29) is 23.5 Å². The number of nitrogens with zero attached hydrogens (tertiary/aromatic N) is 2. The second-order valence-corrected chi connectivity index (χ2v) is 8.29. The first-order valence-electron chi connectivity index (χ1n) is 10.4. The Kier molecular flexibility index (Phi) is 5.52. The van der Waals surface area contributed by atoms with Crippen molar-refractivity contribution in [1.29, 1.82) is 0 Å². The molecule has 1 aliphatic rings. The largest absolute Gasteiger partial charge is 0.350 e. The third-order valence-electron chi connectivity index (χ3n) is 5.58. The van der Waals surface area contributed by atoms with Gasteiger partial charge in [0.25, 0.3) is 23.6 Å². The predicted octanol–water partition coefficient (Wildman–Crippen LogP) is 2.65. The number of aromatic nitrogens is 1. The number of amides is 4. The third-order valence-corrected chi connectivity index (χ3v) is 5.58. The van der Waals surface area contributed by atoms with Crippen LogP contribution in [0.15, 0.2) is 54.7 Å². The standard InChI is InChI=1S/C24H24N4O4/c1-14(2)12-20(28-23(31)16-9-4-5-10-17(16)24(28)32)22(30)26-25-21(29)18-13-27(3)19-11-7-6-8-15(18)19/h4-11,13-14,20H,12H2,1-3H3,(H,25,29)(H,26,30)/t20-/m0/s1. The minimum Gasteiger partial charge on any atom is -0.350 e. The van der Waals surface area contributed by atoms with E-state index in [1.54, 1.807) is 30.5 Å². The van der Waals surface area contributed by atoms with Gasteiger partial charge in [0.15, 0.2) is 0 Å². The molecule has 0 unspecified atom stereocenters. The highest BCUT2D eigenvalue weighted by molar-refractivity contribution is 6.23. The maximum atomic E-state index is 13.0. The predicted molar refractivity (Wildman–Crippen MR) is 119 cm³/mol. The number of hydrazine groups is 1. The van der Waals surface area contributed by atoms with Crippen LogP contribution in [0.25, 0.3) is 10.9 Å². The van der Waals surface area contributed by atoms with Crippen LogP contribution in [0, 0.1) is 5.92 Å². The Bertz CT molecular complexity index is 1210. The summed E-state index contributed by atoms with van der Waals surface area (Å²) in [6.45, 7) is 3.79. The quantitative estimate of drug-likeness (QED) is 0.478. The summed E-state index contributed by atoms with van der Waals surface area (Å²) in [6.07, 6.45) is 1.95. The van der Waals surface area contributed by atoms with E-state index in [2.05, 4.69) is 10.9 Å². The summed E-state index contributed by atoms with van der Waals surface area (Å²) >= 11 is 0. The molecular weight excluding hydrogens is 408 g/mol. The van der Waals surface area contributed by atoms with Crippen molar-refractivity contribution < 1.29 is 19.2 Å². The van der Waals surface area contributed by atoms with Crippen LogP contribution in [0.2, 0.25) is 0 Å². The number of rotatable bonds is 5. The molecule has 0 spiro atoms. The molecule has 3 aromatic rings. The molecule has 1 aliphatic heterocycles. The molecule has 1 aromatic heterocycles. The van der Waals surface area contributed by atoms with Gasteiger partial charge in [-0.15, -0.1) is 0 Å². The van der Waals surface area contributed by atoms with Crippen LogP contribution < -0.4 is 10.9 Å². The average Bonchev–Trinajstić information content (AvgIpc) is 3.25. The molecule has 0 aliphatic carbocycles. The van der Waals surface area contributed by atoms with E-state index in [1.165, 1.54) is 0 Å². The Morgan fingerprint density at radius 3 is 2.12 bits per heavy atom. The smallest absolute Gasteiger partial charge is 0.271 e. The van der Waals surface area contributed by atoms with E-state index >= 15 is 0 Å². The number of fused-ring (bicyclic) bond motifs is 2. The fourth-order valence-electron chi connectivity index (χ4n) is 4.06. The molecule has 2 aromatic carbocycles. The maximum absolute atomic E-state index is 13.0. The highest BCUT2D eigenvalue weighted by atomic mass is 16.2. The minimum atomic E-state index is -1.05. The van der Waals surface area contributed by atoms with Gasteiger partial charge in [-0.05, 0) is 30.5 Å². The lowest BCUT2D eigenvalue weighted by molar-refractivity contribution is -0.126. The van der Waals surface area contributed by atoms with Crippen molar-refractivity contribution in [3.05, 3.63) is 71.4 Å². The number of hydrogen-bond donors (Lipinski definition) is 2. The van der Waals surface area contributed by atoms with Crippen LogP contribution in [0.4, 0.5) is 0 Å². The van der Waals surface area contributed by atoms with Crippen molar-refractivity contribution >= 4 is 34.5 Å². The number of hydrogen-bond acceptors (Lipinski definition) is 4. The molecule has 0 saturated heterocycles. The maximum Gasteiger partial charge on any atom is 0.271 e. The zero-order valence-corrected chi connectivity index (χ0v) is 18.1. The zero-order chi connectivity index (χ0) is 23.0. The molecule has 164 valence electrons. The number of benzene rings is 2. The Morgan fingerprint density at radius 2 is 1.50 bits per heavy atom. The summed E-state index contributed by atoms with van der Waals surface area (Å²) in [5.74, 6) is -2.09. The van der Waals surface area contributed by atoms with Gasteiger partial charge in [0.1, 0.15) is 6.04 Å². The van der Waals surface area contributed by atoms with Crippen molar-refractivity contribution in [3.8, 4) is 0 Å². The van der Waals surface area contributed by atoms with Crippen LogP contribution in [-0.2, 0) is 11.8 Å². The molecule has 0 bridgehead atoms. The highest BCUT2D eigenvalue weighted by Gasteiger charge is 2.42.